The Hall–Kier alpha value is -0.860. The van der Waals surface area contributed by atoms with E-state index < -0.39 is 0 Å². The summed E-state index contributed by atoms with van der Waals surface area (Å²) in [4.78, 5) is 22.4. The zero-order chi connectivity index (χ0) is 12.7. The van der Waals surface area contributed by atoms with Crippen molar-refractivity contribution in [1.82, 2.24) is 0 Å². The maximum absolute atomic E-state index is 11.3. The third kappa shape index (κ3) is 3.83. The van der Waals surface area contributed by atoms with E-state index in [4.69, 9.17) is 4.74 Å². The first kappa shape index (κ1) is 14.2. The summed E-state index contributed by atoms with van der Waals surface area (Å²) in [7, 11) is 1.39. The van der Waals surface area contributed by atoms with Crippen molar-refractivity contribution in [3.8, 4) is 0 Å². The Morgan fingerprint density at radius 1 is 1.29 bits per heavy atom. The summed E-state index contributed by atoms with van der Waals surface area (Å²) in [6.07, 6.45) is 9.81. The second-order valence-electron chi connectivity index (χ2n) is 5.15. The molecular formula is C14H24O3. The number of aldehydes is 1. The van der Waals surface area contributed by atoms with Gasteiger partial charge in [0, 0.05) is 5.41 Å². The normalized spacial score (nSPS) is 26.6. The van der Waals surface area contributed by atoms with E-state index in [0.717, 1.165) is 19.1 Å². The highest BCUT2D eigenvalue weighted by atomic mass is 16.5. The van der Waals surface area contributed by atoms with Gasteiger partial charge in [0.15, 0.2) is 0 Å². The van der Waals surface area contributed by atoms with Crippen molar-refractivity contribution in [2.45, 2.75) is 58.3 Å². The van der Waals surface area contributed by atoms with Gasteiger partial charge in [-0.25, -0.2) is 0 Å². The fourth-order valence-electron chi connectivity index (χ4n) is 2.48. The number of carbonyl (C=O) groups is 2. The summed E-state index contributed by atoms with van der Waals surface area (Å²) in [5.41, 5.74) is -0.377. The van der Waals surface area contributed by atoms with Gasteiger partial charge >= 0.3 is 5.97 Å². The Morgan fingerprint density at radius 3 is 2.53 bits per heavy atom. The minimum absolute atomic E-state index is 0.166. The molecule has 0 aliphatic heterocycles. The molecule has 0 amide bonds. The molecule has 0 aromatic carbocycles. The quantitative estimate of drug-likeness (QED) is 0.353. The van der Waals surface area contributed by atoms with Crippen molar-refractivity contribution in [3.63, 3.8) is 0 Å². The molecule has 0 N–H and O–H groups in total. The highest BCUT2D eigenvalue weighted by molar-refractivity contribution is 5.84. The van der Waals surface area contributed by atoms with Gasteiger partial charge in [-0.1, -0.05) is 45.4 Å². The fraction of sp³-hybridized carbons (Fsp3) is 0.857. The molecule has 1 fully saturated rings. The molecule has 1 saturated carbocycles. The van der Waals surface area contributed by atoms with Crippen LogP contribution in [0.3, 0.4) is 0 Å². The Morgan fingerprint density at radius 2 is 1.94 bits per heavy atom. The number of rotatable bonds is 9. The van der Waals surface area contributed by atoms with Crippen LogP contribution < -0.4 is 0 Å². The number of carbonyl (C=O) groups excluding carboxylic acids is 2. The minimum atomic E-state index is -0.377. The van der Waals surface area contributed by atoms with E-state index in [0.29, 0.717) is 6.42 Å². The summed E-state index contributed by atoms with van der Waals surface area (Å²) in [6.45, 7) is 2.20. The molecule has 1 aliphatic rings. The van der Waals surface area contributed by atoms with Gasteiger partial charge in [0.2, 0.25) is 0 Å². The van der Waals surface area contributed by atoms with E-state index in [1.165, 1.54) is 39.2 Å². The predicted molar refractivity (Wildman–Crippen MR) is 66.6 cm³/mol. The molecule has 2 unspecified atom stereocenters. The van der Waals surface area contributed by atoms with Crippen LogP contribution in [-0.2, 0) is 14.3 Å². The Kier molecular flexibility index (Phi) is 5.66. The summed E-state index contributed by atoms with van der Waals surface area (Å²) in [6, 6.07) is 0. The first-order valence-electron chi connectivity index (χ1n) is 6.74. The van der Waals surface area contributed by atoms with Crippen LogP contribution in [0.2, 0.25) is 0 Å². The van der Waals surface area contributed by atoms with Gasteiger partial charge in [0.05, 0.1) is 13.0 Å². The van der Waals surface area contributed by atoms with Gasteiger partial charge in [-0.3, -0.25) is 4.79 Å². The van der Waals surface area contributed by atoms with Crippen LogP contribution in [0.4, 0.5) is 0 Å². The van der Waals surface area contributed by atoms with Crippen molar-refractivity contribution < 1.29 is 14.3 Å². The molecule has 0 bridgehead atoms. The fourth-order valence-corrected chi connectivity index (χ4v) is 2.48. The number of hydrogen-bond donors (Lipinski definition) is 0. The predicted octanol–water partition coefficient (Wildman–Crippen LogP) is 3.12. The lowest BCUT2D eigenvalue weighted by molar-refractivity contribution is -0.143. The molecule has 3 nitrogen and oxygen atoms in total. The monoisotopic (exact) mass is 240 g/mol. The van der Waals surface area contributed by atoms with Crippen LogP contribution in [0.5, 0.6) is 0 Å². The third-order valence-electron chi connectivity index (χ3n) is 3.83. The summed E-state index contributed by atoms with van der Waals surface area (Å²) in [5, 5.41) is 0. The second kappa shape index (κ2) is 6.77. The van der Waals surface area contributed by atoms with Gasteiger partial charge in [-0.05, 0) is 12.8 Å². The van der Waals surface area contributed by atoms with Crippen molar-refractivity contribution in [1.29, 1.82) is 0 Å². The smallest absolute Gasteiger partial charge is 0.309 e. The van der Waals surface area contributed by atoms with Crippen LogP contribution in [0.25, 0.3) is 0 Å². The molecule has 1 aliphatic carbocycles. The molecule has 0 spiro atoms. The topological polar surface area (TPSA) is 43.4 Å². The van der Waals surface area contributed by atoms with Gasteiger partial charge in [-0.15, -0.1) is 0 Å². The lowest BCUT2D eigenvalue weighted by Crippen LogP contribution is -2.13. The molecule has 0 aromatic heterocycles. The largest absolute Gasteiger partial charge is 0.469 e. The van der Waals surface area contributed by atoms with Crippen molar-refractivity contribution in [2.75, 3.05) is 7.11 Å². The summed E-state index contributed by atoms with van der Waals surface area (Å²) >= 11 is 0. The molecular weight excluding hydrogens is 216 g/mol. The Bertz CT molecular complexity index is 262. The average molecular weight is 240 g/mol. The van der Waals surface area contributed by atoms with Crippen LogP contribution in [0.15, 0.2) is 0 Å². The molecule has 0 radical (unpaired) electrons. The van der Waals surface area contributed by atoms with E-state index in [1.54, 1.807) is 0 Å². The number of methoxy groups -OCH3 is 1. The SMILES string of the molecule is CCCCCCCCC1(C=O)CC1C(=O)OC. The van der Waals surface area contributed by atoms with Crippen LogP contribution in [0.1, 0.15) is 58.3 Å². The summed E-state index contributed by atoms with van der Waals surface area (Å²) < 4.78 is 4.69. The van der Waals surface area contributed by atoms with E-state index in [2.05, 4.69) is 6.92 Å². The van der Waals surface area contributed by atoms with Crippen LogP contribution in [0, 0.1) is 11.3 Å². The molecule has 0 saturated heterocycles. The van der Waals surface area contributed by atoms with Gasteiger partial charge < -0.3 is 9.53 Å². The first-order chi connectivity index (χ1) is 8.20. The highest BCUT2D eigenvalue weighted by Gasteiger charge is 2.58. The van der Waals surface area contributed by atoms with Crippen molar-refractivity contribution in [2.24, 2.45) is 11.3 Å². The zero-order valence-corrected chi connectivity index (χ0v) is 11.0. The van der Waals surface area contributed by atoms with E-state index in [-0.39, 0.29) is 17.3 Å². The molecule has 17 heavy (non-hydrogen) atoms. The molecule has 3 heteroatoms. The standard InChI is InChI=1S/C14H24O3/c1-3-4-5-6-7-8-9-14(11-15)10-12(14)13(16)17-2/h11-12H,3-10H2,1-2H3. The minimum Gasteiger partial charge on any atom is -0.469 e. The highest BCUT2D eigenvalue weighted by Crippen LogP contribution is 2.55. The molecule has 1 rings (SSSR count). The number of esters is 1. The van der Waals surface area contributed by atoms with E-state index >= 15 is 0 Å². The molecule has 98 valence electrons. The number of hydrogen-bond acceptors (Lipinski definition) is 3. The third-order valence-corrected chi connectivity index (χ3v) is 3.83. The lowest BCUT2D eigenvalue weighted by Gasteiger charge is -2.08. The maximum atomic E-state index is 11.3. The van der Waals surface area contributed by atoms with Gasteiger partial charge in [0.25, 0.3) is 0 Å². The van der Waals surface area contributed by atoms with Gasteiger partial charge in [-0.2, -0.15) is 0 Å². The number of ether oxygens (including phenoxy) is 1. The van der Waals surface area contributed by atoms with E-state index in [9.17, 15) is 9.59 Å². The Labute approximate surface area is 104 Å². The molecule has 0 aromatic rings. The van der Waals surface area contributed by atoms with Crippen LogP contribution >= 0.6 is 0 Å². The van der Waals surface area contributed by atoms with Gasteiger partial charge in [0.1, 0.15) is 6.29 Å². The average Bonchev–Trinajstić information content (AvgIpc) is 3.08. The Balaban J connectivity index is 2.17. The summed E-state index contributed by atoms with van der Waals surface area (Å²) in [5.74, 6) is -0.385. The zero-order valence-electron chi connectivity index (χ0n) is 11.0. The molecule has 0 heterocycles. The lowest BCUT2D eigenvalue weighted by atomic mass is 9.96. The first-order valence-corrected chi connectivity index (χ1v) is 6.74. The number of unbranched alkanes of at least 4 members (excludes halogenated alkanes) is 5. The van der Waals surface area contributed by atoms with Crippen LogP contribution in [-0.4, -0.2) is 19.4 Å². The maximum Gasteiger partial charge on any atom is 0.309 e. The van der Waals surface area contributed by atoms with E-state index in [1.807, 2.05) is 0 Å². The second-order valence-corrected chi connectivity index (χ2v) is 5.15. The van der Waals surface area contributed by atoms with Crippen molar-refractivity contribution >= 4 is 12.3 Å². The van der Waals surface area contributed by atoms with Crippen molar-refractivity contribution in [3.05, 3.63) is 0 Å². The molecule has 2 atom stereocenters.